The summed E-state index contributed by atoms with van der Waals surface area (Å²) in [6, 6.07) is 7.10. The first-order chi connectivity index (χ1) is 4.83. The van der Waals surface area contributed by atoms with E-state index in [4.69, 9.17) is 10.5 Å². The second-order valence-corrected chi connectivity index (χ2v) is 1.98. The van der Waals surface area contributed by atoms with Gasteiger partial charge in [-0.1, -0.05) is 6.07 Å². The molecule has 0 aromatic heterocycles. The zero-order valence-electron chi connectivity index (χ0n) is 5.28. The van der Waals surface area contributed by atoms with Crippen molar-refractivity contribution in [2.45, 2.75) is 0 Å². The van der Waals surface area contributed by atoms with Gasteiger partial charge >= 0.3 is 0 Å². The van der Waals surface area contributed by atoms with Crippen LogP contribution in [0.1, 0.15) is 0 Å². The smallest absolute Gasteiger partial charge is 0.154 e. The second-order valence-electron chi connectivity index (χ2n) is 1.79. The molecule has 0 saturated carbocycles. The van der Waals surface area contributed by atoms with E-state index in [0.29, 0.717) is 11.4 Å². The molecule has 0 amide bonds. The molecule has 0 bridgehead atoms. The Morgan fingerprint density at radius 2 is 2.30 bits per heavy atom. The highest BCUT2D eigenvalue weighted by molar-refractivity contribution is 7.78. The number of hydrogen-bond acceptors (Lipinski definition) is 3. The molecular weight excluding hydrogens is 146 g/mol. The fourth-order valence-electron chi connectivity index (χ4n) is 0.643. The first-order valence-corrected chi connectivity index (χ1v) is 3.26. The molecule has 1 rings (SSSR count). The Morgan fingerprint density at radius 1 is 1.50 bits per heavy atom. The molecule has 3 heteroatoms. The third-order valence-corrected chi connectivity index (χ3v) is 1.14. The van der Waals surface area contributed by atoms with E-state index in [0.717, 1.165) is 0 Å². The molecule has 2 N–H and O–H groups in total. The van der Waals surface area contributed by atoms with E-state index in [1.54, 1.807) is 18.2 Å². The normalized spacial score (nSPS) is 8.80. The van der Waals surface area contributed by atoms with Crippen LogP contribution in [0.15, 0.2) is 24.3 Å². The maximum absolute atomic E-state index is 5.46. The van der Waals surface area contributed by atoms with Gasteiger partial charge in [0.25, 0.3) is 0 Å². The fraction of sp³-hybridized carbons (Fsp3) is 0. The Kier molecular flexibility index (Phi) is 2.23. The van der Waals surface area contributed by atoms with Crippen molar-refractivity contribution >= 4 is 23.5 Å². The number of benzene rings is 1. The molecule has 0 saturated heterocycles. The second kappa shape index (κ2) is 3.17. The summed E-state index contributed by atoms with van der Waals surface area (Å²) in [5.41, 5.74) is 7.34. The van der Waals surface area contributed by atoms with Crippen LogP contribution in [-0.2, 0) is 0 Å². The molecule has 2 nitrogen and oxygen atoms in total. The Hall–Kier alpha value is -1.09. The number of hydrogen-bond donors (Lipinski definition) is 1. The van der Waals surface area contributed by atoms with Gasteiger partial charge in [-0.25, -0.2) is 0 Å². The van der Waals surface area contributed by atoms with Crippen molar-refractivity contribution in [1.82, 2.24) is 0 Å². The number of thiocarbonyl (C=S) groups is 1. The van der Waals surface area contributed by atoms with E-state index >= 15 is 0 Å². The van der Waals surface area contributed by atoms with Crippen LogP contribution in [-0.4, -0.2) is 5.55 Å². The van der Waals surface area contributed by atoms with Gasteiger partial charge in [0.1, 0.15) is 5.75 Å². The molecular formula is C7H7NOS. The summed E-state index contributed by atoms with van der Waals surface area (Å²) in [4.78, 5) is 0. The predicted octanol–water partition coefficient (Wildman–Crippen LogP) is 1.60. The van der Waals surface area contributed by atoms with Gasteiger partial charge in [0, 0.05) is 11.8 Å². The van der Waals surface area contributed by atoms with Crippen molar-refractivity contribution in [2.24, 2.45) is 0 Å². The highest BCUT2D eigenvalue weighted by atomic mass is 32.1. The van der Waals surface area contributed by atoms with Gasteiger partial charge in [-0.3, -0.25) is 0 Å². The van der Waals surface area contributed by atoms with Crippen molar-refractivity contribution in [3.05, 3.63) is 24.3 Å². The molecule has 0 spiro atoms. The van der Waals surface area contributed by atoms with Crippen molar-refractivity contribution in [3.8, 4) is 5.75 Å². The predicted molar refractivity (Wildman–Crippen MR) is 45.1 cm³/mol. The minimum Gasteiger partial charge on any atom is -0.454 e. The summed E-state index contributed by atoms with van der Waals surface area (Å²) >= 11 is 4.49. The van der Waals surface area contributed by atoms with Crippen LogP contribution in [0.3, 0.4) is 0 Å². The third-order valence-electron chi connectivity index (χ3n) is 1.04. The first-order valence-electron chi connectivity index (χ1n) is 2.79. The Labute approximate surface area is 64.6 Å². The lowest BCUT2D eigenvalue weighted by Crippen LogP contribution is -1.88. The Bertz CT molecular complexity index is 237. The van der Waals surface area contributed by atoms with Gasteiger partial charge in [-0.2, -0.15) is 0 Å². The van der Waals surface area contributed by atoms with E-state index in [-0.39, 0.29) is 0 Å². The molecule has 0 fully saturated rings. The highest BCUT2D eigenvalue weighted by Gasteiger charge is 1.89. The summed E-state index contributed by atoms with van der Waals surface area (Å²) in [6.07, 6.45) is 0. The summed E-state index contributed by atoms with van der Waals surface area (Å²) in [5, 5.41) is 0. The molecule has 0 heterocycles. The number of ether oxygens (including phenoxy) is 1. The van der Waals surface area contributed by atoms with Crippen molar-refractivity contribution in [2.75, 3.05) is 5.73 Å². The molecule has 10 heavy (non-hydrogen) atoms. The lowest BCUT2D eigenvalue weighted by Gasteiger charge is -1.97. The van der Waals surface area contributed by atoms with E-state index in [9.17, 15) is 0 Å². The van der Waals surface area contributed by atoms with Gasteiger partial charge in [-0.05, 0) is 24.4 Å². The number of anilines is 1. The number of nitrogen functional groups attached to an aromatic ring is 1. The van der Waals surface area contributed by atoms with Crippen LogP contribution in [0.25, 0.3) is 0 Å². The van der Waals surface area contributed by atoms with E-state index < -0.39 is 0 Å². The standard InChI is InChI=1S/C7H7NOS/c8-6-2-1-3-7(4-6)9-5-10/h1-5H,8H2. The fourth-order valence-corrected chi connectivity index (χ4v) is 0.755. The summed E-state index contributed by atoms with van der Waals surface area (Å²) < 4.78 is 4.90. The zero-order valence-corrected chi connectivity index (χ0v) is 6.10. The van der Waals surface area contributed by atoms with Crippen LogP contribution < -0.4 is 10.5 Å². The SMILES string of the molecule is Nc1cccc(OC=S)c1. The van der Waals surface area contributed by atoms with Crippen molar-refractivity contribution in [1.29, 1.82) is 0 Å². The molecule has 1 aromatic carbocycles. The van der Waals surface area contributed by atoms with Gasteiger partial charge in [0.05, 0.1) is 0 Å². The van der Waals surface area contributed by atoms with Crippen LogP contribution in [0.2, 0.25) is 0 Å². The average molecular weight is 153 g/mol. The summed E-state index contributed by atoms with van der Waals surface area (Å²) in [5.74, 6) is 0.676. The van der Waals surface area contributed by atoms with Gasteiger partial charge in [0.15, 0.2) is 5.55 Å². The highest BCUT2D eigenvalue weighted by Crippen LogP contribution is 2.13. The number of nitrogens with two attached hydrogens (primary N) is 1. The molecule has 1 aromatic rings. The molecule has 0 atom stereocenters. The minimum absolute atomic E-state index is 0.675. The first kappa shape index (κ1) is 7.02. The quantitative estimate of drug-likeness (QED) is 0.518. The molecule has 0 aliphatic rings. The van der Waals surface area contributed by atoms with Gasteiger partial charge < -0.3 is 10.5 Å². The molecule has 52 valence electrons. The largest absolute Gasteiger partial charge is 0.454 e. The molecule has 0 unspecified atom stereocenters. The third kappa shape index (κ3) is 1.70. The lowest BCUT2D eigenvalue weighted by molar-refractivity contribution is 0.586. The lowest BCUT2D eigenvalue weighted by atomic mass is 10.3. The molecule has 0 aliphatic heterocycles. The Morgan fingerprint density at radius 3 is 2.90 bits per heavy atom. The maximum Gasteiger partial charge on any atom is 0.154 e. The topological polar surface area (TPSA) is 35.2 Å². The van der Waals surface area contributed by atoms with E-state index in [1.165, 1.54) is 5.55 Å². The van der Waals surface area contributed by atoms with Crippen LogP contribution in [0.5, 0.6) is 5.75 Å². The summed E-state index contributed by atoms with van der Waals surface area (Å²) in [7, 11) is 0. The van der Waals surface area contributed by atoms with Crippen LogP contribution in [0.4, 0.5) is 5.69 Å². The zero-order chi connectivity index (χ0) is 7.40. The Balaban J connectivity index is 2.84. The van der Waals surface area contributed by atoms with Gasteiger partial charge in [-0.15, -0.1) is 0 Å². The van der Waals surface area contributed by atoms with Crippen molar-refractivity contribution in [3.63, 3.8) is 0 Å². The van der Waals surface area contributed by atoms with Crippen LogP contribution in [0, 0.1) is 0 Å². The average Bonchev–Trinajstić information content (AvgIpc) is 1.88. The monoisotopic (exact) mass is 153 g/mol. The molecule has 0 radical (unpaired) electrons. The van der Waals surface area contributed by atoms with E-state index in [2.05, 4.69) is 12.2 Å². The van der Waals surface area contributed by atoms with E-state index in [1.807, 2.05) is 6.07 Å². The van der Waals surface area contributed by atoms with Crippen molar-refractivity contribution < 1.29 is 4.74 Å². The minimum atomic E-state index is 0.675. The van der Waals surface area contributed by atoms with Crippen LogP contribution >= 0.6 is 12.2 Å². The van der Waals surface area contributed by atoms with Gasteiger partial charge in [0.2, 0.25) is 0 Å². The maximum atomic E-state index is 5.46. The number of rotatable bonds is 2. The summed E-state index contributed by atoms with van der Waals surface area (Å²) in [6.45, 7) is 0. The molecule has 0 aliphatic carbocycles.